The highest BCUT2D eigenvalue weighted by Crippen LogP contribution is 2.22. The van der Waals surface area contributed by atoms with E-state index in [9.17, 15) is 0 Å². The van der Waals surface area contributed by atoms with Crippen LogP contribution in [0.15, 0.2) is 16.6 Å². The Morgan fingerprint density at radius 3 is 2.56 bits per heavy atom. The van der Waals surface area contributed by atoms with E-state index >= 15 is 0 Å². The van der Waals surface area contributed by atoms with Crippen molar-refractivity contribution < 1.29 is 0 Å². The SMILES string of the molecule is CC1(C)N=CC=C1CN. The average Bonchev–Trinajstić information content (AvgIpc) is 2.08. The molecule has 2 nitrogen and oxygen atoms in total. The minimum absolute atomic E-state index is 0.0330. The molecule has 0 saturated carbocycles. The molecule has 0 aromatic rings. The fourth-order valence-corrected chi connectivity index (χ4v) is 0.918. The second kappa shape index (κ2) is 1.95. The Kier molecular flexibility index (Phi) is 1.41. The molecule has 0 aromatic carbocycles. The maximum atomic E-state index is 5.46. The summed E-state index contributed by atoms with van der Waals surface area (Å²) in [4.78, 5) is 4.22. The van der Waals surface area contributed by atoms with Crippen LogP contribution in [0, 0.1) is 0 Å². The summed E-state index contributed by atoms with van der Waals surface area (Å²) >= 11 is 0. The minimum Gasteiger partial charge on any atom is -0.327 e. The van der Waals surface area contributed by atoms with Gasteiger partial charge in [-0.3, -0.25) is 4.99 Å². The lowest BCUT2D eigenvalue weighted by Crippen LogP contribution is -2.22. The van der Waals surface area contributed by atoms with E-state index in [1.165, 1.54) is 5.57 Å². The van der Waals surface area contributed by atoms with Gasteiger partial charge in [-0.2, -0.15) is 0 Å². The lowest BCUT2D eigenvalue weighted by molar-refractivity contribution is 0.618. The molecular formula is C7H12N2. The molecule has 1 aliphatic heterocycles. The smallest absolute Gasteiger partial charge is 0.0776 e. The predicted molar refractivity (Wildman–Crippen MR) is 39.7 cm³/mol. The lowest BCUT2D eigenvalue weighted by atomic mass is 9.97. The molecule has 2 heteroatoms. The molecule has 1 aliphatic rings. The van der Waals surface area contributed by atoms with E-state index in [0.29, 0.717) is 6.54 Å². The molecule has 0 unspecified atom stereocenters. The van der Waals surface area contributed by atoms with Gasteiger partial charge in [0.25, 0.3) is 0 Å². The molecule has 0 amide bonds. The van der Waals surface area contributed by atoms with Gasteiger partial charge in [-0.05, 0) is 25.5 Å². The largest absolute Gasteiger partial charge is 0.327 e. The van der Waals surface area contributed by atoms with Crippen LogP contribution in [-0.2, 0) is 0 Å². The first-order valence-electron chi connectivity index (χ1n) is 3.12. The van der Waals surface area contributed by atoms with Gasteiger partial charge in [-0.15, -0.1) is 0 Å². The van der Waals surface area contributed by atoms with Crippen LogP contribution in [0.5, 0.6) is 0 Å². The standard InChI is InChI=1S/C7H12N2/c1-7(2)6(5-8)3-4-9-7/h3-4H,5,8H2,1-2H3. The highest BCUT2D eigenvalue weighted by atomic mass is 14.9. The van der Waals surface area contributed by atoms with Gasteiger partial charge < -0.3 is 5.73 Å². The highest BCUT2D eigenvalue weighted by Gasteiger charge is 2.22. The molecule has 1 rings (SSSR count). The monoisotopic (exact) mass is 124 g/mol. The van der Waals surface area contributed by atoms with Gasteiger partial charge in [0.1, 0.15) is 0 Å². The van der Waals surface area contributed by atoms with Crippen LogP contribution >= 0.6 is 0 Å². The molecule has 9 heavy (non-hydrogen) atoms. The van der Waals surface area contributed by atoms with E-state index in [1.54, 1.807) is 0 Å². The van der Waals surface area contributed by atoms with E-state index in [2.05, 4.69) is 18.8 Å². The number of hydrogen-bond acceptors (Lipinski definition) is 2. The number of nitrogens with zero attached hydrogens (tertiary/aromatic N) is 1. The summed E-state index contributed by atoms with van der Waals surface area (Å²) in [6, 6.07) is 0. The van der Waals surface area contributed by atoms with Crippen LogP contribution in [0.3, 0.4) is 0 Å². The van der Waals surface area contributed by atoms with E-state index < -0.39 is 0 Å². The van der Waals surface area contributed by atoms with E-state index in [1.807, 2.05) is 12.3 Å². The van der Waals surface area contributed by atoms with Crippen LogP contribution in [0.4, 0.5) is 0 Å². The van der Waals surface area contributed by atoms with E-state index in [-0.39, 0.29) is 5.54 Å². The van der Waals surface area contributed by atoms with Gasteiger partial charge in [0.2, 0.25) is 0 Å². The van der Waals surface area contributed by atoms with Crippen LogP contribution < -0.4 is 5.73 Å². The Bertz CT molecular complexity index is 166. The van der Waals surface area contributed by atoms with Crippen molar-refractivity contribution in [2.75, 3.05) is 6.54 Å². The van der Waals surface area contributed by atoms with Crippen molar-refractivity contribution in [2.24, 2.45) is 10.7 Å². The number of nitrogens with two attached hydrogens (primary N) is 1. The molecule has 0 aliphatic carbocycles. The third-order valence-electron chi connectivity index (χ3n) is 1.68. The van der Waals surface area contributed by atoms with Crippen LogP contribution in [0.25, 0.3) is 0 Å². The molecule has 0 fully saturated rings. The summed E-state index contributed by atoms with van der Waals surface area (Å²) in [7, 11) is 0. The van der Waals surface area contributed by atoms with E-state index in [0.717, 1.165) is 0 Å². The first-order valence-corrected chi connectivity index (χ1v) is 3.12. The summed E-state index contributed by atoms with van der Waals surface area (Å²) in [6.07, 6.45) is 3.81. The Labute approximate surface area is 55.5 Å². The molecule has 50 valence electrons. The van der Waals surface area contributed by atoms with Gasteiger partial charge in [0, 0.05) is 12.8 Å². The fourth-order valence-electron chi connectivity index (χ4n) is 0.918. The van der Waals surface area contributed by atoms with Crippen molar-refractivity contribution in [3.8, 4) is 0 Å². The summed E-state index contributed by atoms with van der Waals surface area (Å²) in [5.41, 5.74) is 6.64. The first kappa shape index (κ1) is 6.49. The summed E-state index contributed by atoms with van der Waals surface area (Å²) in [6.45, 7) is 4.75. The van der Waals surface area contributed by atoms with Gasteiger partial charge in [0.15, 0.2) is 0 Å². The predicted octanol–water partition coefficient (Wildman–Crippen LogP) is 0.735. The molecule has 0 spiro atoms. The molecule has 0 radical (unpaired) electrons. The molecule has 0 saturated heterocycles. The van der Waals surface area contributed by atoms with Crippen molar-refractivity contribution in [3.63, 3.8) is 0 Å². The minimum atomic E-state index is -0.0330. The second-order valence-electron chi connectivity index (χ2n) is 2.73. The van der Waals surface area contributed by atoms with Crippen molar-refractivity contribution in [1.82, 2.24) is 0 Å². The van der Waals surface area contributed by atoms with Gasteiger partial charge >= 0.3 is 0 Å². The zero-order valence-corrected chi connectivity index (χ0v) is 5.89. The topological polar surface area (TPSA) is 38.4 Å². The molecular weight excluding hydrogens is 112 g/mol. The third-order valence-corrected chi connectivity index (χ3v) is 1.68. The Morgan fingerprint density at radius 1 is 1.67 bits per heavy atom. The summed E-state index contributed by atoms with van der Waals surface area (Å²) in [5.74, 6) is 0. The van der Waals surface area contributed by atoms with Crippen LogP contribution in [0.1, 0.15) is 13.8 Å². The number of aliphatic imine (C=N–C) groups is 1. The van der Waals surface area contributed by atoms with Crippen LogP contribution in [-0.4, -0.2) is 18.3 Å². The normalized spacial score (nSPS) is 22.3. The van der Waals surface area contributed by atoms with Crippen LogP contribution in [0.2, 0.25) is 0 Å². The number of rotatable bonds is 1. The first-order chi connectivity index (χ1) is 4.17. The maximum absolute atomic E-state index is 5.46. The Morgan fingerprint density at radius 2 is 2.33 bits per heavy atom. The number of allylic oxidation sites excluding steroid dienone is 1. The molecule has 0 atom stereocenters. The lowest BCUT2D eigenvalue weighted by Gasteiger charge is -2.17. The molecule has 1 heterocycles. The maximum Gasteiger partial charge on any atom is 0.0776 e. The van der Waals surface area contributed by atoms with Crippen molar-refractivity contribution in [2.45, 2.75) is 19.4 Å². The van der Waals surface area contributed by atoms with Gasteiger partial charge in [-0.1, -0.05) is 0 Å². The number of hydrogen-bond donors (Lipinski definition) is 1. The zero-order chi connectivity index (χ0) is 6.91. The fraction of sp³-hybridized carbons (Fsp3) is 0.571. The van der Waals surface area contributed by atoms with Crippen molar-refractivity contribution in [3.05, 3.63) is 11.6 Å². The zero-order valence-electron chi connectivity index (χ0n) is 5.89. The Balaban J connectivity index is 2.78. The van der Waals surface area contributed by atoms with Crippen molar-refractivity contribution in [1.29, 1.82) is 0 Å². The second-order valence-corrected chi connectivity index (χ2v) is 2.73. The van der Waals surface area contributed by atoms with Gasteiger partial charge in [-0.25, -0.2) is 0 Å². The van der Waals surface area contributed by atoms with Gasteiger partial charge in [0.05, 0.1) is 5.54 Å². The quantitative estimate of drug-likeness (QED) is 0.550. The summed E-state index contributed by atoms with van der Waals surface area (Å²) < 4.78 is 0. The highest BCUT2D eigenvalue weighted by molar-refractivity contribution is 5.77. The third kappa shape index (κ3) is 1.03. The molecule has 2 N–H and O–H groups in total. The Hall–Kier alpha value is -0.630. The van der Waals surface area contributed by atoms with E-state index in [4.69, 9.17) is 5.73 Å². The molecule has 0 bridgehead atoms. The average molecular weight is 124 g/mol. The van der Waals surface area contributed by atoms with Crippen molar-refractivity contribution >= 4 is 6.21 Å². The molecule has 0 aromatic heterocycles. The summed E-state index contributed by atoms with van der Waals surface area (Å²) in [5, 5.41) is 0.